The summed E-state index contributed by atoms with van der Waals surface area (Å²) in [5, 5.41) is 11.1. The largest absolute Gasteiger partial charge is 0.356 e. The van der Waals surface area contributed by atoms with Gasteiger partial charge in [0.2, 0.25) is 5.91 Å². The number of carbonyl (C=O) groups excluding carboxylic acids is 1. The normalized spacial score (nSPS) is 17.1. The van der Waals surface area contributed by atoms with Crippen molar-refractivity contribution < 1.29 is 4.79 Å². The zero-order valence-electron chi connectivity index (χ0n) is 19.4. The minimum atomic E-state index is 0.120. The van der Waals surface area contributed by atoms with Crippen LogP contribution in [0.2, 0.25) is 0 Å². The maximum absolute atomic E-state index is 12.7. The summed E-state index contributed by atoms with van der Waals surface area (Å²) in [4.78, 5) is 21.4. The van der Waals surface area contributed by atoms with Crippen molar-refractivity contribution in [2.45, 2.75) is 46.1 Å². The first-order chi connectivity index (χ1) is 16.1. The number of thiophene rings is 1. The highest BCUT2D eigenvalue weighted by Crippen LogP contribution is 2.23. The Morgan fingerprint density at radius 1 is 1.21 bits per heavy atom. The summed E-state index contributed by atoms with van der Waals surface area (Å²) in [5.74, 6) is 0.649. The molecule has 0 bridgehead atoms. The number of hydrogen-bond acceptors (Lipinski definition) is 5. The second kappa shape index (κ2) is 9.61. The Kier molecular flexibility index (Phi) is 6.42. The van der Waals surface area contributed by atoms with Gasteiger partial charge in [-0.3, -0.25) is 9.69 Å². The number of nitrogens with one attached hydrogen (secondary N) is 1. The lowest BCUT2D eigenvalue weighted by molar-refractivity contribution is -0.121. The number of piperidine rings is 1. The van der Waals surface area contributed by atoms with Gasteiger partial charge in [-0.1, -0.05) is 18.2 Å². The molecule has 6 nitrogen and oxygen atoms in total. The molecule has 3 aromatic heterocycles. The highest BCUT2D eigenvalue weighted by Gasteiger charge is 2.21. The van der Waals surface area contributed by atoms with Gasteiger partial charge in [-0.2, -0.15) is 5.10 Å². The third kappa shape index (κ3) is 4.80. The monoisotopic (exact) mass is 461 g/mol. The van der Waals surface area contributed by atoms with Gasteiger partial charge in [0.25, 0.3) is 0 Å². The number of benzene rings is 1. The molecule has 1 fully saturated rings. The van der Waals surface area contributed by atoms with Gasteiger partial charge < -0.3 is 5.32 Å². The van der Waals surface area contributed by atoms with Gasteiger partial charge in [0.1, 0.15) is 0 Å². The number of aryl methyl sites for hydroxylation is 2. The first kappa shape index (κ1) is 22.0. The lowest BCUT2D eigenvalue weighted by Gasteiger charge is -2.32. The Morgan fingerprint density at radius 2 is 2.09 bits per heavy atom. The third-order valence-electron chi connectivity index (χ3n) is 6.77. The minimum absolute atomic E-state index is 0.120. The molecule has 172 valence electrons. The zero-order chi connectivity index (χ0) is 22.8. The summed E-state index contributed by atoms with van der Waals surface area (Å²) in [6.45, 7) is 8.11. The van der Waals surface area contributed by atoms with Crippen LogP contribution in [0.15, 0.2) is 41.8 Å². The van der Waals surface area contributed by atoms with E-state index in [0.29, 0.717) is 18.8 Å². The van der Waals surface area contributed by atoms with Gasteiger partial charge in [-0.25, -0.2) is 9.50 Å². The molecule has 1 atom stereocenters. The molecule has 1 N–H and O–H groups in total. The summed E-state index contributed by atoms with van der Waals surface area (Å²) in [7, 11) is 0. The molecule has 0 radical (unpaired) electrons. The van der Waals surface area contributed by atoms with E-state index in [0.717, 1.165) is 59.7 Å². The molecule has 1 unspecified atom stereocenters. The number of nitrogens with zero attached hydrogens (tertiary/aromatic N) is 4. The molecular weight excluding hydrogens is 430 g/mol. The van der Waals surface area contributed by atoms with Crippen molar-refractivity contribution in [2.24, 2.45) is 5.92 Å². The van der Waals surface area contributed by atoms with E-state index in [1.807, 2.05) is 41.0 Å². The van der Waals surface area contributed by atoms with Crippen molar-refractivity contribution in [1.82, 2.24) is 24.8 Å². The molecule has 4 heterocycles. The number of fused-ring (bicyclic) bond motifs is 3. The quantitative estimate of drug-likeness (QED) is 0.440. The zero-order valence-corrected chi connectivity index (χ0v) is 20.2. The van der Waals surface area contributed by atoms with Crippen LogP contribution in [0, 0.1) is 19.8 Å². The van der Waals surface area contributed by atoms with E-state index in [4.69, 9.17) is 10.1 Å². The molecule has 0 aliphatic carbocycles. The van der Waals surface area contributed by atoms with Crippen LogP contribution in [0.5, 0.6) is 0 Å². The fourth-order valence-corrected chi connectivity index (χ4v) is 5.75. The SMILES string of the molecule is Cc1nc2c3ccccc3nn2c(C)c1CCC(=O)NCC1CCCN(Cc2cccs2)C1. The molecular formula is C26H31N5OS. The Bertz CT molecular complexity index is 1260. The van der Waals surface area contributed by atoms with Crippen LogP contribution in [-0.2, 0) is 17.8 Å². The number of likely N-dealkylation sites (tertiary alicyclic amines) is 1. The Hall–Kier alpha value is -2.77. The van der Waals surface area contributed by atoms with E-state index in [-0.39, 0.29) is 5.91 Å². The molecule has 4 aromatic rings. The molecule has 1 aliphatic heterocycles. The number of rotatable bonds is 7. The number of carbonyl (C=O) groups is 1. The van der Waals surface area contributed by atoms with Crippen molar-refractivity contribution in [3.8, 4) is 0 Å². The van der Waals surface area contributed by atoms with Crippen LogP contribution in [0.25, 0.3) is 16.6 Å². The minimum Gasteiger partial charge on any atom is -0.356 e. The molecule has 0 spiro atoms. The van der Waals surface area contributed by atoms with Crippen molar-refractivity contribution in [3.05, 3.63) is 63.6 Å². The lowest BCUT2D eigenvalue weighted by atomic mass is 9.97. The van der Waals surface area contributed by atoms with Crippen LogP contribution < -0.4 is 5.32 Å². The molecule has 1 saturated heterocycles. The molecule has 5 rings (SSSR count). The summed E-state index contributed by atoms with van der Waals surface area (Å²) >= 11 is 1.82. The summed E-state index contributed by atoms with van der Waals surface area (Å²) in [5.41, 5.74) is 5.00. The van der Waals surface area contributed by atoms with Gasteiger partial charge >= 0.3 is 0 Å². The molecule has 7 heteroatoms. The molecule has 1 aromatic carbocycles. The first-order valence-electron chi connectivity index (χ1n) is 11.8. The number of amides is 1. The Labute approximate surface area is 198 Å². The van der Waals surface area contributed by atoms with Gasteiger partial charge in [-0.15, -0.1) is 11.3 Å². The Balaban J connectivity index is 1.17. The molecule has 0 saturated carbocycles. The predicted octanol–water partition coefficient (Wildman–Crippen LogP) is 4.52. The second-order valence-electron chi connectivity index (χ2n) is 9.14. The topological polar surface area (TPSA) is 62.5 Å². The van der Waals surface area contributed by atoms with Crippen LogP contribution in [0.4, 0.5) is 0 Å². The van der Waals surface area contributed by atoms with E-state index in [2.05, 4.69) is 40.7 Å². The summed E-state index contributed by atoms with van der Waals surface area (Å²) in [6.07, 6.45) is 3.54. The van der Waals surface area contributed by atoms with Crippen LogP contribution >= 0.6 is 11.3 Å². The van der Waals surface area contributed by atoms with Gasteiger partial charge in [0, 0.05) is 47.7 Å². The van der Waals surface area contributed by atoms with Crippen molar-refractivity contribution in [3.63, 3.8) is 0 Å². The molecule has 1 aliphatic rings. The van der Waals surface area contributed by atoms with E-state index >= 15 is 0 Å². The van der Waals surface area contributed by atoms with Crippen molar-refractivity contribution in [1.29, 1.82) is 0 Å². The fourth-order valence-electron chi connectivity index (χ4n) is 5.01. The summed E-state index contributed by atoms with van der Waals surface area (Å²) < 4.78 is 1.93. The van der Waals surface area contributed by atoms with Gasteiger partial charge in [0.15, 0.2) is 5.65 Å². The highest BCUT2D eigenvalue weighted by atomic mass is 32.1. The van der Waals surface area contributed by atoms with Crippen LogP contribution in [0.1, 0.15) is 41.1 Å². The maximum Gasteiger partial charge on any atom is 0.220 e. The predicted molar refractivity (Wildman–Crippen MR) is 134 cm³/mol. The lowest BCUT2D eigenvalue weighted by Crippen LogP contribution is -2.40. The van der Waals surface area contributed by atoms with Gasteiger partial charge in [0.05, 0.1) is 5.52 Å². The van der Waals surface area contributed by atoms with Crippen LogP contribution in [0.3, 0.4) is 0 Å². The van der Waals surface area contributed by atoms with Crippen molar-refractivity contribution in [2.75, 3.05) is 19.6 Å². The third-order valence-corrected chi connectivity index (χ3v) is 7.63. The maximum atomic E-state index is 12.7. The summed E-state index contributed by atoms with van der Waals surface area (Å²) in [6, 6.07) is 12.4. The Morgan fingerprint density at radius 3 is 2.94 bits per heavy atom. The van der Waals surface area contributed by atoms with E-state index in [1.165, 1.54) is 17.7 Å². The highest BCUT2D eigenvalue weighted by molar-refractivity contribution is 7.09. The van der Waals surface area contributed by atoms with E-state index in [9.17, 15) is 4.79 Å². The number of aromatic nitrogens is 3. The average molecular weight is 462 g/mol. The van der Waals surface area contributed by atoms with Crippen molar-refractivity contribution >= 4 is 33.8 Å². The number of hydrogen-bond donors (Lipinski definition) is 1. The van der Waals surface area contributed by atoms with E-state index in [1.54, 1.807) is 0 Å². The fraction of sp³-hybridized carbons (Fsp3) is 0.423. The van der Waals surface area contributed by atoms with Gasteiger partial charge in [-0.05, 0) is 74.7 Å². The van der Waals surface area contributed by atoms with Crippen LogP contribution in [-0.4, -0.2) is 45.0 Å². The standard InChI is InChI=1S/C26H31N5OS/c1-18-22(19(2)31-26(28-18)23-9-3-4-10-24(23)29-31)11-12-25(32)27-15-20-7-5-13-30(16-20)17-21-8-6-14-33-21/h3-4,6,8-10,14,20H,5,7,11-13,15-17H2,1-2H3,(H,27,32). The average Bonchev–Trinajstić information content (AvgIpc) is 3.46. The molecule has 1 amide bonds. The first-order valence-corrected chi connectivity index (χ1v) is 12.7. The molecule has 33 heavy (non-hydrogen) atoms. The van der Waals surface area contributed by atoms with E-state index < -0.39 is 0 Å². The smallest absolute Gasteiger partial charge is 0.220 e. The second-order valence-corrected chi connectivity index (χ2v) is 10.2.